The van der Waals surface area contributed by atoms with E-state index in [2.05, 4.69) is 10.6 Å². The van der Waals surface area contributed by atoms with Gasteiger partial charge >= 0.3 is 0 Å². The van der Waals surface area contributed by atoms with E-state index in [1.54, 1.807) is 7.05 Å². The van der Waals surface area contributed by atoms with E-state index < -0.39 is 15.7 Å². The predicted molar refractivity (Wildman–Crippen MR) is 85.0 cm³/mol. The van der Waals surface area contributed by atoms with Gasteiger partial charge in [0.2, 0.25) is 0 Å². The lowest BCUT2D eigenvalue weighted by Gasteiger charge is -2.07. The molecule has 0 amide bonds. The van der Waals surface area contributed by atoms with Crippen LogP contribution in [0.5, 0.6) is 0 Å². The number of hydrogen-bond donors (Lipinski definition) is 2. The van der Waals surface area contributed by atoms with Gasteiger partial charge in [-0.25, -0.2) is 0 Å². The summed E-state index contributed by atoms with van der Waals surface area (Å²) in [6, 6.07) is 3.71. The first-order valence-corrected chi connectivity index (χ1v) is 8.23. The maximum absolute atomic E-state index is 12.0. The fourth-order valence-electron chi connectivity index (χ4n) is 1.73. The Hall–Kier alpha value is -1.87. The molecule has 0 radical (unpaired) electrons. The Balaban J connectivity index is 2.37. The normalized spacial score (nSPS) is 13.2. The Kier molecular flexibility index (Phi) is 7.61. The number of furan rings is 1. The second-order valence-electron chi connectivity index (χ2n) is 4.90. The monoisotopic (exact) mass is 330 g/mol. The number of nitrogens with one attached hydrogen (secondary N) is 2. The van der Waals surface area contributed by atoms with Gasteiger partial charge in [-0.1, -0.05) is 0 Å². The van der Waals surface area contributed by atoms with Crippen LogP contribution < -0.4 is 10.6 Å². The van der Waals surface area contributed by atoms with Gasteiger partial charge in [0.05, 0.1) is 17.2 Å². The average Bonchev–Trinajstić information content (AvgIpc) is 2.83. The minimum Gasteiger partial charge on any atom is -0.464 e. The topological polar surface area (TPSA) is 101 Å². The molecule has 1 heterocycles. The maximum atomic E-state index is 12.0. The first-order valence-electron chi connectivity index (χ1n) is 6.75. The van der Waals surface area contributed by atoms with Gasteiger partial charge in [-0.15, -0.1) is 0 Å². The van der Waals surface area contributed by atoms with Crippen molar-refractivity contribution in [3.05, 3.63) is 45.8 Å². The molecular weight excluding hydrogens is 308 g/mol. The van der Waals surface area contributed by atoms with Gasteiger partial charge in [-0.05, 0) is 26.2 Å². The summed E-state index contributed by atoms with van der Waals surface area (Å²) >= 11 is 0. The van der Waals surface area contributed by atoms with Crippen LogP contribution in [0.4, 0.5) is 0 Å². The number of hydrogen-bond acceptors (Lipinski definition) is 7. The standard InChI is InChI=1S/C13H22N4O4S/c1-14-13(9-17(18)19)15-6-7-22(20)10-12-5-4-11(21-12)8-16(2)3/h4-5,9,14-15H,6-8,10H2,1-3H3/b13-9+/t22-/m1/s1. The van der Waals surface area contributed by atoms with Crippen LogP contribution in [0.25, 0.3) is 0 Å². The van der Waals surface area contributed by atoms with Crippen LogP contribution in [0.3, 0.4) is 0 Å². The second-order valence-corrected chi connectivity index (χ2v) is 6.48. The van der Waals surface area contributed by atoms with E-state index in [1.807, 2.05) is 31.1 Å². The quantitative estimate of drug-likeness (QED) is 0.475. The molecule has 124 valence electrons. The summed E-state index contributed by atoms with van der Waals surface area (Å²) in [6.45, 7) is 1.07. The summed E-state index contributed by atoms with van der Waals surface area (Å²) in [7, 11) is 4.38. The number of nitro groups is 1. The highest BCUT2D eigenvalue weighted by Gasteiger charge is 2.08. The summed E-state index contributed by atoms with van der Waals surface area (Å²) in [5.74, 6) is 2.52. The molecule has 1 atom stereocenters. The zero-order chi connectivity index (χ0) is 16.5. The van der Waals surface area contributed by atoms with Gasteiger partial charge in [0, 0.05) is 30.1 Å². The fourth-order valence-corrected chi connectivity index (χ4v) is 2.68. The average molecular weight is 330 g/mol. The van der Waals surface area contributed by atoms with E-state index >= 15 is 0 Å². The first kappa shape index (κ1) is 18.2. The largest absolute Gasteiger partial charge is 0.464 e. The van der Waals surface area contributed by atoms with Gasteiger partial charge in [-0.3, -0.25) is 14.3 Å². The molecular formula is C13H22N4O4S. The van der Waals surface area contributed by atoms with Crippen LogP contribution >= 0.6 is 0 Å². The lowest BCUT2D eigenvalue weighted by atomic mass is 10.4. The van der Waals surface area contributed by atoms with Crippen LogP contribution in [0.1, 0.15) is 11.5 Å². The molecule has 8 nitrogen and oxygen atoms in total. The van der Waals surface area contributed by atoms with Crippen LogP contribution in [0, 0.1) is 10.1 Å². The molecule has 0 spiro atoms. The van der Waals surface area contributed by atoms with E-state index in [9.17, 15) is 14.3 Å². The fraction of sp³-hybridized carbons (Fsp3) is 0.538. The van der Waals surface area contributed by atoms with Crippen molar-refractivity contribution in [2.75, 3.05) is 33.4 Å². The summed E-state index contributed by atoms with van der Waals surface area (Å²) in [4.78, 5) is 11.8. The van der Waals surface area contributed by atoms with Gasteiger partial charge in [-0.2, -0.15) is 0 Å². The van der Waals surface area contributed by atoms with Gasteiger partial charge in [0.25, 0.3) is 6.20 Å². The first-order chi connectivity index (χ1) is 10.4. The molecule has 0 saturated heterocycles. The molecule has 0 saturated carbocycles. The highest BCUT2D eigenvalue weighted by atomic mass is 32.2. The zero-order valence-corrected chi connectivity index (χ0v) is 13.8. The maximum Gasteiger partial charge on any atom is 0.274 e. The van der Waals surface area contributed by atoms with E-state index in [-0.39, 0.29) is 5.82 Å². The lowest BCUT2D eigenvalue weighted by Crippen LogP contribution is -2.28. The van der Waals surface area contributed by atoms with Crippen molar-refractivity contribution >= 4 is 10.8 Å². The second kappa shape index (κ2) is 9.21. The molecule has 22 heavy (non-hydrogen) atoms. The van der Waals surface area contributed by atoms with Gasteiger partial charge in [0.1, 0.15) is 11.5 Å². The number of rotatable bonds is 10. The van der Waals surface area contributed by atoms with Crippen molar-refractivity contribution in [2.45, 2.75) is 12.3 Å². The third-order valence-electron chi connectivity index (χ3n) is 2.64. The molecule has 1 aromatic rings. The van der Waals surface area contributed by atoms with Gasteiger partial charge < -0.3 is 20.0 Å². The predicted octanol–water partition coefficient (Wildman–Crippen LogP) is 0.474. The molecule has 0 aliphatic rings. The van der Waals surface area contributed by atoms with Crippen molar-refractivity contribution in [3.8, 4) is 0 Å². The van der Waals surface area contributed by atoms with Gasteiger partial charge in [0.15, 0.2) is 5.82 Å². The van der Waals surface area contributed by atoms with Crippen molar-refractivity contribution in [2.24, 2.45) is 0 Å². The summed E-state index contributed by atoms with van der Waals surface area (Å²) in [5, 5.41) is 15.9. The van der Waals surface area contributed by atoms with Crippen LogP contribution in [-0.2, 0) is 23.1 Å². The Morgan fingerprint density at radius 1 is 1.45 bits per heavy atom. The minimum atomic E-state index is -1.10. The molecule has 1 aromatic heterocycles. The van der Waals surface area contributed by atoms with Crippen molar-refractivity contribution < 1.29 is 13.5 Å². The molecule has 0 aliphatic heterocycles. The van der Waals surface area contributed by atoms with E-state index in [1.165, 1.54) is 0 Å². The van der Waals surface area contributed by atoms with Crippen LogP contribution in [-0.4, -0.2) is 47.5 Å². The molecule has 0 fully saturated rings. The molecule has 0 bridgehead atoms. The summed E-state index contributed by atoms with van der Waals surface area (Å²) in [6.07, 6.45) is 0.836. The molecule has 0 aliphatic carbocycles. The SMILES string of the molecule is CN/C(=C\[N+](=O)[O-])NCC[S@@](=O)Cc1ccc(CN(C)C)o1. The Morgan fingerprint density at radius 3 is 2.73 bits per heavy atom. The van der Waals surface area contributed by atoms with Crippen LogP contribution in [0.15, 0.2) is 28.6 Å². The molecule has 0 unspecified atom stereocenters. The summed E-state index contributed by atoms with van der Waals surface area (Å²) in [5.41, 5.74) is 0. The molecule has 2 N–H and O–H groups in total. The smallest absolute Gasteiger partial charge is 0.274 e. The number of nitrogens with zero attached hydrogens (tertiary/aromatic N) is 2. The van der Waals surface area contributed by atoms with Crippen molar-refractivity contribution in [1.82, 2.24) is 15.5 Å². The highest BCUT2D eigenvalue weighted by molar-refractivity contribution is 7.84. The minimum absolute atomic E-state index is 0.285. The zero-order valence-electron chi connectivity index (χ0n) is 13.0. The molecule has 0 aromatic carbocycles. The van der Waals surface area contributed by atoms with E-state index in [4.69, 9.17) is 4.42 Å². The highest BCUT2D eigenvalue weighted by Crippen LogP contribution is 2.11. The lowest BCUT2D eigenvalue weighted by molar-refractivity contribution is -0.404. The third-order valence-corrected chi connectivity index (χ3v) is 3.91. The van der Waals surface area contributed by atoms with Crippen LogP contribution in [0.2, 0.25) is 0 Å². The Labute approximate surface area is 132 Å². The Bertz CT molecular complexity index is 542. The third kappa shape index (κ3) is 7.23. The Morgan fingerprint density at radius 2 is 2.14 bits per heavy atom. The van der Waals surface area contributed by atoms with Crippen molar-refractivity contribution in [3.63, 3.8) is 0 Å². The molecule has 9 heteroatoms. The summed E-state index contributed by atoms with van der Waals surface area (Å²) < 4.78 is 17.6. The van der Waals surface area contributed by atoms with E-state index in [0.29, 0.717) is 30.4 Å². The van der Waals surface area contributed by atoms with Crippen molar-refractivity contribution in [1.29, 1.82) is 0 Å². The molecule has 1 rings (SSSR count). The van der Waals surface area contributed by atoms with E-state index in [0.717, 1.165) is 12.0 Å².